The summed E-state index contributed by atoms with van der Waals surface area (Å²) in [5, 5.41) is 15.4. The van der Waals surface area contributed by atoms with Crippen LogP contribution in [0.3, 0.4) is 0 Å². The van der Waals surface area contributed by atoms with Crippen molar-refractivity contribution in [2.45, 2.75) is 50.7 Å². The number of ether oxygens (including phenoxy) is 3. The molecule has 2 aliphatic heterocycles. The van der Waals surface area contributed by atoms with E-state index in [0.29, 0.717) is 42.2 Å². The lowest BCUT2D eigenvalue weighted by atomic mass is 9.81. The van der Waals surface area contributed by atoms with Gasteiger partial charge in [0.05, 0.1) is 17.9 Å². The zero-order valence-electron chi connectivity index (χ0n) is 25.1. The van der Waals surface area contributed by atoms with Crippen molar-refractivity contribution in [3.8, 4) is 17.2 Å². The Labute approximate surface area is 264 Å². The third-order valence-corrected chi connectivity index (χ3v) is 8.73. The number of anilines is 2. The van der Waals surface area contributed by atoms with E-state index in [1.54, 1.807) is 24.7 Å². The first kappa shape index (κ1) is 30.7. The molecule has 0 aliphatic carbocycles. The normalized spacial score (nSPS) is 19.4. The van der Waals surface area contributed by atoms with Crippen LogP contribution in [0.15, 0.2) is 54.2 Å². The summed E-state index contributed by atoms with van der Waals surface area (Å²) in [4.78, 5) is 29.9. The Balaban J connectivity index is 1.27. The van der Waals surface area contributed by atoms with Gasteiger partial charge in [0.2, 0.25) is 5.91 Å². The molecule has 45 heavy (non-hydrogen) atoms. The average molecular weight is 635 g/mol. The fourth-order valence-electron chi connectivity index (χ4n) is 5.68. The standard InChI is InChI=1S/C32H35FN6O5S/c1-32(18-29(40)38-31-34-12-14-45-31)24-17-27(26(15-20(24)8-10-35-32)43-19-22-5-3-4-13-42-22)44-21-6-7-23(25(33)16-21)30(41)37-28-9-11-36-39(28)2/h6-7,9,11-12,14-17,22,35H,3-5,8,10,13,18-19H2,1-2H3,(H,37,41)(H,34,38,40)/t22-,32-/m1/s1. The van der Waals surface area contributed by atoms with Gasteiger partial charge in [0.25, 0.3) is 5.91 Å². The van der Waals surface area contributed by atoms with Crippen LogP contribution >= 0.6 is 11.3 Å². The molecule has 236 valence electrons. The molecule has 2 aromatic carbocycles. The minimum Gasteiger partial charge on any atom is -0.487 e. The fraction of sp³-hybridized carbons (Fsp3) is 0.375. The third-order valence-electron chi connectivity index (χ3n) is 8.04. The first-order chi connectivity index (χ1) is 21.8. The van der Waals surface area contributed by atoms with Crippen LogP contribution in [0.25, 0.3) is 0 Å². The van der Waals surface area contributed by atoms with Gasteiger partial charge in [0.1, 0.15) is 24.0 Å². The Hall–Kier alpha value is -4.33. The largest absolute Gasteiger partial charge is 0.487 e. The molecule has 0 unspecified atom stereocenters. The molecule has 0 radical (unpaired) electrons. The van der Waals surface area contributed by atoms with Gasteiger partial charge in [-0.25, -0.2) is 9.37 Å². The van der Waals surface area contributed by atoms with E-state index in [1.165, 1.54) is 40.4 Å². The van der Waals surface area contributed by atoms with Crippen molar-refractivity contribution in [3.05, 3.63) is 76.7 Å². The van der Waals surface area contributed by atoms with Crippen molar-refractivity contribution < 1.29 is 28.2 Å². The van der Waals surface area contributed by atoms with E-state index in [2.05, 4.69) is 26.0 Å². The number of aryl methyl sites for hydroxylation is 1. The van der Waals surface area contributed by atoms with Gasteiger partial charge < -0.3 is 30.2 Å². The summed E-state index contributed by atoms with van der Waals surface area (Å²) >= 11 is 1.36. The number of hydrogen-bond donors (Lipinski definition) is 3. The van der Waals surface area contributed by atoms with Gasteiger partial charge in [-0.15, -0.1) is 11.3 Å². The summed E-state index contributed by atoms with van der Waals surface area (Å²) in [6.45, 7) is 3.70. The quantitative estimate of drug-likeness (QED) is 0.212. The van der Waals surface area contributed by atoms with Crippen molar-refractivity contribution in [2.24, 2.45) is 7.05 Å². The molecule has 0 spiro atoms. The molecule has 0 bridgehead atoms. The number of thiazole rings is 1. The number of benzene rings is 2. The summed E-state index contributed by atoms with van der Waals surface area (Å²) in [5.41, 5.74) is 1.06. The molecule has 1 fully saturated rings. The fourth-order valence-corrected chi connectivity index (χ4v) is 6.23. The highest BCUT2D eigenvalue weighted by atomic mass is 32.1. The Bertz CT molecular complexity index is 1670. The molecule has 4 heterocycles. The topological polar surface area (TPSA) is 129 Å². The van der Waals surface area contributed by atoms with Gasteiger partial charge in [-0.1, -0.05) is 0 Å². The number of nitrogens with zero attached hydrogens (tertiary/aromatic N) is 3. The predicted octanol–water partition coefficient (Wildman–Crippen LogP) is 5.40. The number of hydrogen-bond acceptors (Lipinski definition) is 9. The number of carbonyl (C=O) groups is 2. The van der Waals surface area contributed by atoms with E-state index in [4.69, 9.17) is 14.2 Å². The molecule has 1 saturated heterocycles. The van der Waals surface area contributed by atoms with Gasteiger partial charge in [0.15, 0.2) is 16.6 Å². The highest BCUT2D eigenvalue weighted by molar-refractivity contribution is 7.13. The Morgan fingerprint density at radius 2 is 2.07 bits per heavy atom. The highest BCUT2D eigenvalue weighted by Crippen LogP contribution is 2.41. The van der Waals surface area contributed by atoms with Crippen LogP contribution in [0.5, 0.6) is 17.2 Å². The number of aromatic nitrogens is 3. The maximum Gasteiger partial charge on any atom is 0.259 e. The van der Waals surface area contributed by atoms with Crippen LogP contribution in [0.2, 0.25) is 0 Å². The van der Waals surface area contributed by atoms with E-state index in [9.17, 15) is 9.59 Å². The van der Waals surface area contributed by atoms with Crippen molar-refractivity contribution in [1.82, 2.24) is 20.1 Å². The van der Waals surface area contributed by atoms with Crippen LogP contribution in [0.4, 0.5) is 15.3 Å². The molecule has 3 N–H and O–H groups in total. The van der Waals surface area contributed by atoms with E-state index in [-0.39, 0.29) is 29.7 Å². The Morgan fingerprint density at radius 1 is 1.18 bits per heavy atom. The lowest BCUT2D eigenvalue weighted by molar-refractivity contribution is -0.117. The van der Waals surface area contributed by atoms with Crippen LogP contribution in [-0.4, -0.2) is 52.4 Å². The second-order valence-electron chi connectivity index (χ2n) is 11.4. The maximum atomic E-state index is 15.2. The van der Waals surface area contributed by atoms with Crippen LogP contribution in [0.1, 0.15) is 54.1 Å². The van der Waals surface area contributed by atoms with Gasteiger partial charge in [0, 0.05) is 55.9 Å². The Kier molecular flexibility index (Phi) is 9.10. The van der Waals surface area contributed by atoms with Crippen LogP contribution < -0.4 is 25.4 Å². The van der Waals surface area contributed by atoms with Crippen molar-refractivity contribution >= 4 is 34.1 Å². The van der Waals surface area contributed by atoms with E-state index < -0.39 is 17.3 Å². The predicted molar refractivity (Wildman–Crippen MR) is 168 cm³/mol. The summed E-state index contributed by atoms with van der Waals surface area (Å²) in [7, 11) is 1.68. The third kappa shape index (κ3) is 7.16. The number of rotatable bonds is 10. The summed E-state index contributed by atoms with van der Waals surface area (Å²) in [6, 6.07) is 9.50. The van der Waals surface area contributed by atoms with Crippen LogP contribution in [0, 0.1) is 5.82 Å². The minimum absolute atomic E-state index is 0.0289. The van der Waals surface area contributed by atoms with Gasteiger partial charge in [-0.3, -0.25) is 14.3 Å². The van der Waals surface area contributed by atoms with Gasteiger partial charge in [-0.05, 0) is 68.0 Å². The first-order valence-corrected chi connectivity index (χ1v) is 15.8. The van der Waals surface area contributed by atoms with E-state index >= 15 is 4.39 Å². The van der Waals surface area contributed by atoms with Gasteiger partial charge in [-0.2, -0.15) is 5.10 Å². The van der Waals surface area contributed by atoms with Crippen molar-refractivity contribution in [1.29, 1.82) is 0 Å². The smallest absolute Gasteiger partial charge is 0.259 e. The second-order valence-corrected chi connectivity index (χ2v) is 12.3. The highest BCUT2D eigenvalue weighted by Gasteiger charge is 2.36. The Morgan fingerprint density at radius 3 is 2.80 bits per heavy atom. The molecule has 2 amide bonds. The lowest BCUT2D eigenvalue weighted by Gasteiger charge is -2.37. The SMILES string of the molecule is Cn1nccc1NC(=O)c1ccc(Oc2cc3c(cc2OC[C@H]2CCCCO2)CCN[C@]3(C)CC(=O)Nc2nccs2)cc1F. The molecular weight excluding hydrogens is 599 g/mol. The number of carbonyl (C=O) groups excluding carboxylic acids is 2. The number of halogens is 1. The number of fused-ring (bicyclic) bond motifs is 1. The maximum absolute atomic E-state index is 15.2. The molecule has 4 aromatic rings. The van der Waals surface area contributed by atoms with E-state index in [1.807, 2.05) is 19.1 Å². The monoisotopic (exact) mass is 634 g/mol. The average Bonchev–Trinajstić information content (AvgIpc) is 3.68. The lowest BCUT2D eigenvalue weighted by Crippen LogP contribution is -2.47. The molecule has 11 nitrogen and oxygen atoms in total. The van der Waals surface area contributed by atoms with Crippen molar-refractivity contribution in [3.63, 3.8) is 0 Å². The second kappa shape index (κ2) is 13.3. The molecule has 2 aromatic heterocycles. The van der Waals surface area contributed by atoms with Gasteiger partial charge >= 0.3 is 0 Å². The summed E-state index contributed by atoms with van der Waals surface area (Å²) < 4.78 is 35.1. The molecule has 2 aliphatic rings. The molecule has 13 heteroatoms. The molecule has 2 atom stereocenters. The first-order valence-electron chi connectivity index (χ1n) is 14.9. The number of amides is 2. The zero-order valence-corrected chi connectivity index (χ0v) is 25.9. The zero-order chi connectivity index (χ0) is 31.4. The van der Waals surface area contributed by atoms with Crippen LogP contribution in [-0.2, 0) is 28.5 Å². The van der Waals surface area contributed by atoms with E-state index in [0.717, 1.165) is 36.8 Å². The van der Waals surface area contributed by atoms with Crippen molar-refractivity contribution in [2.75, 3.05) is 30.4 Å². The summed E-state index contributed by atoms with van der Waals surface area (Å²) in [6.07, 6.45) is 7.05. The summed E-state index contributed by atoms with van der Waals surface area (Å²) in [5.74, 6) is -0.0274. The number of nitrogens with one attached hydrogen (secondary N) is 3. The molecular formula is C32H35FN6O5S. The molecule has 0 saturated carbocycles. The minimum atomic E-state index is -0.742. The molecule has 6 rings (SSSR count).